The molecule has 4 N–H and O–H groups in total. The summed E-state index contributed by atoms with van der Waals surface area (Å²) in [5, 5.41) is 31.2. The summed E-state index contributed by atoms with van der Waals surface area (Å²) < 4.78 is 13.6. The number of piperazine rings is 1. The van der Waals surface area contributed by atoms with Crippen LogP contribution in [0, 0.1) is 0 Å². The molecule has 2 aliphatic heterocycles. The first-order chi connectivity index (χ1) is 26.6. The predicted octanol–water partition coefficient (Wildman–Crippen LogP) is 5.23. The van der Waals surface area contributed by atoms with Gasteiger partial charge in [0, 0.05) is 68.2 Å². The molecule has 3 aliphatic rings. The van der Waals surface area contributed by atoms with Gasteiger partial charge in [0.15, 0.2) is 0 Å². The average molecular weight is 749 g/mol. The highest BCUT2D eigenvalue weighted by Crippen LogP contribution is 2.45. The van der Waals surface area contributed by atoms with Crippen molar-refractivity contribution in [3.05, 3.63) is 167 Å². The number of rotatable bonds is 9. The van der Waals surface area contributed by atoms with Crippen molar-refractivity contribution in [2.45, 2.75) is 30.8 Å². The normalized spacial score (nSPS) is 17.7. The molecule has 4 aromatic carbocycles. The molecule has 55 heavy (non-hydrogen) atoms. The van der Waals surface area contributed by atoms with Crippen LogP contribution in [-0.2, 0) is 47.3 Å². The number of carboxylic acids is 4. The Hall–Kier alpha value is -5.92. The van der Waals surface area contributed by atoms with Crippen LogP contribution in [0.5, 0.6) is 0 Å². The van der Waals surface area contributed by atoms with E-state index in [0.29, 0.717) is 30.9 Å². The van der Waals surface area contributed by atoms with Crippen molar-refractivity contribution in [3.8, 4) is 0 Å². The Morgan fingerprint density at radius 3 is 1.42 bits per heavy atom. The fraction of sp³-hybridized carbons (Fsp3) is 0.256. The number of aliphatic carboxylic acids is 4. The summed E-state index contributed by atoms with van der Waals surface area (Å²) in [6.45, 7) is 5.60. The predicted molar refractivity (Wildman–Crippen MR) is 203 cm³/mol. The van der Waals surface area contributed by atoms with Crippen molar-refractivity contribution in [3.63, 3.8) is 0 Å². The van der Waals surface area contributed by atoms with E-state index in [9.17, 15) is 19.2 Å². The zero-order chi connectivity index (χ0) is 39.2. The van der Waals surface area contributed by atoms with E-state index in [4.69, 9.17) is 29.9 Å². The lowest BCUT2D eigenvalue weighted by Crippen LogP contribution is -2.50. The van der Waals surface area contributed by atoms with Gasteiger partial charge in [0.05, 0.1) is 18.8 Å². The van der Waals surface area contributed by atoms with Crippen LogP contribution in [0.25, 0.3) is 0 Å². The zero-order valence-electron chi connectivity index (χ0n) is 30.1. The maximum atomic E-state index is 9.55. The number of ether oxygens (including phenoxy) is 2. The molecule has 7 rings (SSSR count). The Kier molecular flexibility index (Phi) is 14.2. The van der Waals surface area contributed by atoms with E-state index < -0.39 is 29.7 Å². The Morgan fingerprint density at radius 1 is 0.600 bits per heavy atom. The molecule has 2 fully saturated rings. The summed E-state index contributed by atoms with van der Waals surface area (Å²) in [5.74, 6) is -5.83. The molecular weight excluding hydrogens is 704 g/mol. The SMILES string of the molecule is O=C(O)/C=C\C(=O)O.O=C(O)/C=C\C(=O)O.c1ccc(C(c2ccccc2)N2CCN(CC3COC4(O3)c3ccccc3CCc3ccccc34)CC2)cc1. The van der Waals surface area contributed by atoms with Gasteiger partial charge < -0.3 is 29.9 Å². The number of carboxylic acid groups (broad SMARTS) is 4. The van der Waals surface area contributed by atoms with Crippen LogP contribution < -0.4 is 0 Å². The second kappa shape index (κ2) is 19.4. The van der Waals surface area contributed by atoms with Crippen LogP contribution in [0.3, 0.4) is 0 Å². The second-order valence-electron chi connectivity index (χ2n) is 13.1. The summed E-state index contributed by atoms with van der Waals surface area (Å²) >= 11 is 0. The van der Waals surface area contributed by atoms with E-state index in [1.165, 1.54) is 33.4 Å². The molecule has 0 bridgehead atoms. The highest BCUT2D eigenvalue weighted by molar-refractivity contribution is 5.90. The fourth-order valence-electron chi connectivity index (χ4n) is 7.08. The third-order valence-electron chi connectivity index (χ3n) is 9.41. The van der Waals surface area contributed by atoms with E-state index in [1.54, 1.807) is 0 Å². The smallest absolute Gasteiger partial charge is 0.328 e. The Morgan fingerprint density at radius 2 is 1.00 bits per heavy atom. The van der Waals surface area contributed by atoms with Gasteiger partial charge in [-0.15, -0.1) is 0 Å². The Labute approximate surface area is 319 Å². The summed E-state index contributed by atoms with van der Waals surface area (Å²) in [6.07, 6.45) is 4.29. The first kappa shape index (κ1) is 40.3. The Balaban J connectivity index is 0.000000306. The number of benzene rings is 4. The van der Waals surface area contributed by atoms with Crippen molar-refractivity contribution in [1.82, 2.24) is 9.80 Å². The number of fused-ring (bicyclic) bond motifs is 4. The third kappa shape index (κ3) is 11.1. The molecule has 286 valence electrons. The number of hydrogen-bond donors (Lipinski definition) is 4. The lowest BCUT2D eigenvalue weighted by Gasteiger charge is -2.40. The molecule has 0 amide bonds. The van der Waals surface area contributed by atoms with Gasteiger partial charge in [0.1, 0.15) is 0 Å². The summed E-state index contributed by atoms with van der Waals surface area (Å²) in [5.41, 5.74) is 7.73. The van der Waals surface area contributed by atoms with Gasteiger partial charge in [-0.05, 0) is 35.1 Å². The minimum Gasteiger partial charge on any atom is -0.478 e. The largest absolute Gasteiger partial charge is 0.478 e. The minimum atomic E-state index is -1.26. The highest BCUT2D eigenvalue weighted by atomic mass is 16.7. The number of hydrogen-bond acceptors (Lipinski definition) is 8. The lowest BCUT2D eigenvalue weighted by molar-refractivity contribution is -0.145. The van der Waals surface area contributed by atoms with Crippen molar-refractivity contribution in [1.29, 1.82) is 0 Å². The second-order valence-corrected chi connectivity index (χ2v) is 13.1. The molecule has 12 heteroatoms. The quantitative estimate of drug-likeness (QED) is 0.164. The molecule has 1 atom stereocenters. The molecule has 2 saturated heterocycles. The third-order valence-corrected chi connectivity index (χ3v) is 9.41. The van der Waals surface area contributed by atoms with Crippen molar-refractivity contribution in [2.24, 2.45) is 0 Å². The molecule has 0 aromatic heterocycles. The molecule has 2 heterocycles. The molecule has 1 spiro atoms. The molecule has 12 nitrogen and oxygen atoms in total. The van der Waals surface area contributed by atoms with Gasteiger partial charge in [-0.25, -0.2) is 19.2 Å². The number of nitrogens with zero attached hydrogens (tertiary/aromatic N) is 2. The molecule has 0 saturated carbocycles. The van der Waals surface area contributed by atoms with Gasteiger partial charge in [-0.3, -0.25) is 9.80 Å². The first-order valence-electron chi connectivity index (χ1n) is 17.9. The summed E-state index contributed by atoms with van der Waals surface area (Å²) in [7, 11) is 0. The van der Waals surface area contributed by atoms with Gasteiger partial charge in [-0.1, -0.05) is 109 Å². The lowest BCUT2D eigenvalue weighted by atomic mass is 9.93. The summed E-state index contributed by atoms with van der Waals surface area (Å²) in [4.78, 5) is 43.4. The molecule has 1 unspecified atom stereocenters. The maximum absolute atomic E-state index is 9.55. The molecule has 0 radical (unpaired) electrons. The zero-order valence-corrected chi connectivity index (χ0v) is 30.1. The fourth-order valence-corrected chi connectivity index (χ4v) is 7.08. The van der Waals surface area contributed by atoms with Gasteiger partial charge >= 0.3 is 23.9 Å². The van der Waals surface area contributed by atoms with Gasteiger partial charge in [0.2, 0.25) is 5.79 Å². The first-order valence-corrected chi connectivity index (χ1v) is 17.9. The van der Waals surface area contributed by atoms with Crippen LogP contribution in [-0.4, -0.2) is 99.5 Å². The standard InChI is InChI=1S/C35H36N2O2.2C4H4O4/c1-3-13-29(14-4-1)34(30-15-5-2-6-16-30)37-23-21-36(22-24-37)25-31-26-38-35(39-31)32-17-9-7-11-27(32)19-20-28-12-8-10-18-33(28)35;2*5-3(6)1-2-4(7)8/h1-18,31,34H,19-26H2;2*1-2H,(H,5,6)(H,7,8)/b;2*2-1-. The van der Waals surface area contributed by atoms with Gasteiger partial charge in [0.25, 0.3) is 0 Å². The van der Waals surface area contributed by atoms with Crippen LogP contribution in [0.15, 0.2) is 133 Å². The van der Waals surface area contributed by atoms with Gasteiger partial charge in [-0.2, -0.15) is 0 Å². The van der Waals surface area contributed by atoms with Crippen LogP contribution in [0.2, 0.25) is 0 Å². The number of carbonyl (C=O) groups is 4. The number of aryl methyl sites for hydroxylation is 2. The van der Waals surface area contributed by atoms with E-state index in [2.05, 4.69) is 119 Å². The topological polar surface area (TPSA) is 174 Å². The van der Waals surface area contributed by atoms with Crippen LogP contribution >= 0.6 is 0 Å². The van der Waals surface area contributed by atoms with Crippen LogP contribution in [0.1, 0.15) is 39.4 Å². The Bertz CT molecular complexity index is 1820. The molecular formula is C43H44N2O10. The van der Waals surface area contributed by atoms with E-state index >= 15 is 0 Å². The minimum absolute atomic E-state index is 0.0369. The molecule has 4 aromatic rings. The van der Waals surface area contributed by atoms with E-state index in [-0.39, 0.29) is 12.1 Å². The maximum Gasteiger partial charge on any atom is 0.328 e. The average Bonchev–Trinajstić information content (AvgIpc) is 3.56. The van der Waals surface area contributed by atoms with Crippen molar-refractivity contribution in [2.75, 3.05) is 39.3 Å². The van der Waals surface area contributed by atoms with E-state index in [1.807, 2.05) is 0 Å². The van der Waals surface area contributed by atoms with Crippen LogP contribution in [0.4, 0.5) is 0 Å². The highest BCUT2D eigenvalue weighted by Gasteiger charge is 2.48. The monoisotopic (exact) mass is 748 g/mol. The van der Waals surface area contributed by atoms with Crippen molar-refractivity contribution < 1.29 is 49.1 Å². The van der Waals surface area contributed by atoms with E-state index in [0.717, 1.165) is 45.6 Å². The molecule has 1 aliphatic carbocycles. The van der Waals surface area contributed by atoms with Crippen molar-refractivity contribution >= 4 is 23.9 Å². The summed E-state index contributed by atoms with van der Waals surface area (Å²) in [6, 6.07) is 39.5.